The molecule has 0 radical (unpaired) electrons. The minimum atomic E-state index is -1.09. The van der Waals surface area contributed by atoms with Crippen LogP contribution >= 0.6 is 11.6 Å². The summed E-state index contributed by atoms with van der Waals surface area (Å²) < 4.78 is 13.0. The van der Waals surface area contributed by atoms with Crippen LogP contribution in [0.3, 0.4) is 0 Å². The summed E-state index contributed by atoms with van der Waals surface area (Å²) in [5, 5.41) is 12.5. The lowest BCUT2D eigenvalue weighted by Gasteiger charge is -2.26. The highest BCUT2D eigenvalue weighted by atomic mass is 35.5. The summed E-state index contributed by atoms with van der Waals surface area (Å²) in [7, 11) is 0. The van der Waals surface area contributed by atoms with Crippen LogP contribution in [0.2, 0.25) is 5.02 Å². The van der Waals surface area contributed by atoms with Gasteiger partial charge in [-0.25, -0.2) is 4.39 Å². The Hall–Kier alpha value is -2.40. The Bertz CT molecular complexity index is 774. The van der Waals surface area contributed by atoms with Crippen LogP contribution in [-0.4, -0.2) is 23.5 Å². The summed E-state index contributed by atoms with van der Waals surface area (Å²) in [6.45, 7) is 3.34. The molecule has 0 aliphatic carbocycles. The summed E-state index contributed by atoms with van der Waals surface area (Å²) in [6, 6.07) is 12.2. The Balaban J connectivity index is 2.14. The quantitative estimate of drug-likeness (QED) is 0.821. The van der Waals surface area contributed by atoms with E-state index in [0.29, 0.717) is 16.1 Å². The molecule has 0 saturated heterocycles. The summed E-state index contributed by atoms with van der Waals surface area (Å²) in [5.74, 6) is -2.85. The van der Waals surface area contributed by atoms with Crippen molar-refractivity contribution in [2.75, 3.05) is 6.54 Å². The molecule has 0 fully saturated rings. The van der Waals surface area contributed by atoms with Crippen LogP contribution in [0.4, 0.5) is 4.39 Å². The Morgan fingerprint density at radius 2 is 1.76 bits per heavy atom. The number of hydrogen-bond donors (Lipinski definition) is 2. The SMILES string of the molecule is CC(C)(C(=O)NCC(C(=O)O)c1ccc(F)cc1)c1ccccc1Cl. The van der Waals surface area contributed by atoms with Gasteiger partial charge in [-0.05, 0) is 43.2 Å². The van der Waals surface area contributed by atoms with Gasteiger partial charge >= 0.3 is 5.97 Å². The van der Waals surface area contributed by atoms with Crippen molar-refractivity contribution in [2.45, 2.75) is 25.2 Å². The van der Waals surface area contributed by atoms with E-state index < -0.39 is 23.1 Å². The second-order valence-electron chi connectivity index (χ2n) is 6.26. The van der Waals surface area contributed by atoms with Crippen molar-refractivity contribution in [1.82, 2.24) is 5.32 Å². The number of amides is 1. The smallest absolute Gasteiger partial charge is 0.312 e. The Morgan fingerprint density at radius 3 is 2.32 bits per heavy atom. The van der Waals surface area contributed by atoms with E-state index in [1.165, 1.54) is 24.3 Å². The first kappa shape index (κ1) is 18.9. The van der Waals surface area contributed by atoms with Gasteiger partial charge in [0, 0.05) is 11.6 Å². The van der Waals surface area contributed by atoms with Crippen molar-refractivity contribution in [3.63, 3.8) is 0 Å². The lowest BCUT2D eigenvalue weighted by atomic mass is 9.83. The van der Waals surface area contributed by atoms with Crippen LogP contribution in [0.25, 0.3) is 0 Å². The van der Waals surface area contributed by atoms with E-state index in [9.17, 15) is 19.1 Å². The van der Waals surface area contributed by atoms with Crippen molar-refractivity contribution in [3.8, 4) is 0 Å². The number of carboxylic acids is 1. The highest BCUT2D eigenvalue weighted by Gasteiger charge is 2.32. The van der Waals surface area contributed by atoms with Crippen LogP contribution in [0, 0.1) is 5.82 Å². The molecule has 2 aromatic carbocycles. The first-order chi connectivity index (χ1) is 11.7. The van der Waals surface area contributed by atoms with Gasteiger partial charge in [0.1, 0.15) is 5.82 Å². The number of nitrogens with one attached hydrogen (secondary N) is 1. The maximum absolute atomic E-state index is 13.0. The van der Waals surface area contributed by atoms with Crippen LogP contribution < -0.4 is 5.32 Å². The molecule has 0 spiro atoms. The van der Waals surface area contributed by atoms with Gasteiger partial charge < -0.3 is 10.4 Å². The van der Waals surface area contributed by atoms with E-state index >= 15 is 0 Å². The van der Waals surface area contributed by atoms with Gasteiger partial charge in [0.25, 0.3) is 0 Å². The lowest BCUT2D eigenvalue weighted by Crippen LogP contribution is -2.42. The van der Waals surface area contributed by atoms with Crippen molar-refractivity contribution in [3.05, 3.63) is 70.5 Å². The van der Waals surface area contributed by atoms with Crippen molar-refractivity contribution in [2.24, 2.45) is 0 Å². The maximum Gasteiger partial charge on any atom is 0.312 e. The fourth-order valence-corrected chi connectivity index (χ4v) is 2.92. The molecule has 0 saturated carbocycles. The minimum absolute atomic E-state index is 0.103. The zero-order valence-corrected chi connectivity index (χ0v) is 14.7. The van der Waals surface area contributed by atoms with Crippen molar-refractivity contribution in [1.29, 1.82) is 0 Å². The zero-order valence-electron chi connectivity index (χ0n) is 13.9. The number of benzene rings is 2. The van der Waals surface area contributed by atoms with Crippen LogP contribution in [0.5, 0.6) is 0 Å². The normalized spacial score (nSPS) is 12.5. The first-order valence-electron chi connectivity index (χ1n) is 7.75. The third kappa shape index (κ3) is 4.37. The highest BCUT2D eigenvalue weighted by Crippen LogP contribution is 2.30. The maximum atomic E-state index is 13.0. The largest absolute Gasteiger partial charge is 0.481 e. The molecule has 4 nitrogen and oxygen atoms in total. The monoisotopic (exact) mass is 363 g/mol. The predicted molar refractivity (Wildman–Crippen MR) is 94.3 cm³/mol. The van der Waals surface area contributed by atoms with Crippen LogP contribution in [-0.2, 0) is 15.0 Å². The lowest BCUT2D eigenvalue weighted by molar-refractivity contribution is -0.138. The Kier molecular flexibility index (Phi) is 5.80. The van der Waals surface area contributed by atoms with Gasteiger partial charge in [0.15, 0.2) is 0 Å². The molecule has 2 N–H and O–H groups in total. The van der Waals surface area contributed by atoms with E-state index in [1.807, 2.05) is 0 Å². The van der Waals surface area contributed by atoms with E-state index in [-0.39, 0.29) is 12.5 Å². The van der Waals surface area contributed by atoms with Crippen molar-refractivity contribution >= 4 is 23.5 Å². The third-order valence-electron chi connectivity index (χ3n) is 4.15. The van der Waals surface area contributed by atoms with E-state index in [2.05, 4.69) is 5.32 Å². The molecule has 2 rings (SSSR count). The minimum Gasteiger partial charge on any atom is -0.481 e. The van der Waals surface area contributed by atoms with Crippen LogP contribution in [0.15, 0.2) is 48.5 Å². The average molecular weight is 364 g/mol. The van der Waals surface area contributed by atoms with E-state index in [0.717, 1.165) is 0 Å². The number of aliphatic carboxylic acids is 1. The fourth-order valence-electron chi connectivity index (χ4n) is 2.55. The van der Waals surface area contributed by atoms with Crippen molar-refractivity contribution < 1.29 is 19.1 Å². The molecular formula is C19H19ClFNO3. The van der Waals surface area contributed by atoms with Gasteiger partial charge in [-0.15, -0.1) is 0 Å². The predicted octanol–water partition coefficient (Wildman–Crippen LogP) is 3.74. The topological polar surface area (TPSA) is 66.4 Å². The molecule has 0 bridgehead atoms. The van der Waals surface area contributed by atoms with Gasteiger partial charge in [-0.1, -0.05) is 41.9 Å². The molecule has 6 heteroatoms. The number of rotatable bonds is 6. The molecule has 0 heterocycles. The standard InChI is InChI=1S/C19H19ClFNO3/c1-19(2,15-5-3-4-6-16(15)20)18(25)22-11-14(17(23)24)12-7-9-13(21)10-8-12/h3-10,14H,11H2,1-2H3,(H,22,25)(H,23,24). The molecule has 0 aliphatic rings. The molecular weight excluding hydrogens is 345 g/mol. The number of hydrogen-bond acceptors (Lipinski definition) is 2. The second-order valence-corrected chi connectivity index (χ2v) is 6.66. The number of carbonyl (C=O) groups is 2. The summed E-state index contributed by atoms with van der Waals surface area (Å²) in [5.41, 5.74) is 0.150. The molecule has 1 unspecified atom stereocenters. The van der Waals surface area contributed by atoms with E-state index in [4.69, 9.17) is 11.6 Å². The van der Waals surface area contributed by atoms with Gasteiger partial charge in [0.2, 0.25) is 5.91 Å². The molecule has 0 aromatic heterocycles. The molecule has 1 atom stereocenters. The Morgan fingerprint density at radius 1 is 1.16 bits per heavy atom. The average Bonchev–Trinajstić information content (AvgIpc) is 2.56. The second kappa shape index (κ2) is 7.66. The fraction of sp³-hybridized carbons (Fsp3) is 0.263. The van der Waals surface area contributed by atoms with E-state index in [1.54, 1.807) is 38.1 Å². The molecule has 0 aliphatic heterocycles. The van der Waals surface area contributed by atoms with Crippen LogP contribution in [0.1, 0.15) is 30.9 Å². The summed E-state index contributed by atoms with van der Waals surface area (Å²) >= 11 is 6.17. The molecule has 132 valence electrons. The third-order valence-corrected chi connectivity index (χ3v) is 4.48. The number of halogens is 2. The van der Waals surface area contributed by atoms with Gasteiger partial charge in [0.05, 0.1) is 11.3 Å². The number of carbonyl (C=O) groups excluding carboxylic acids is 1. The number of carboxylic acid groups (broad SMARTS) is 1. The first-order valence-corrected chi connectivity index (χ1v) is 8.13. The Labute approximate surface area is 150 Å². The molecule has 2 aromatic rings. The molecule has 25 heavy (non-hydrogen) atoms. The zero-order chi connectivity index (χ0) is 18.6. The molecule has 1 amide bonds. The van der Waals surface area contributed by atoms with Gasteiger partial charge in [-0.3, -0.25) is 9.59 Å². The summed E-state index contributed by atoms with van der Waals surface area (Å²) in [4.78, 5) is 24.1. The highest BCUT2D eigenvalue weighted by molar-refractivity contribution is 6.31. The summed E-state index contributed by atoms with van der Waals surface area (Å²) in [6.07, 6.45) is 0. The van der Waals surface area contributed by atoms with Gasteiger partial charge in [-0.2, -0.15) is 0 Å².